The van der Waals surface area contributed by atoms with Crippen LogP contribution in [0.1, 0.15) is 0 Å². The molecular formula is C40H24N4. The number of aromatic nitrogens is 4. The first-order valence-electron chi connectivity index (χ1n) is 14.9. The number of hydrogen-bond donors (Lipinski definition) is 0. The van der Waals surface area contributed by atoms with Crippen molar-refractivity contribution in [3.05, 3.63) is 146 Å². The molecule has 204 valence electrons. The first-order chi connectivity index (χ1) is 21.8. The first kappa shape index (κ1) is 23.6. The van der Waals surface area contributed by atoms with E-state index in [1.807, 2.05) is 30.3 Å². The summed E-state index contributed by atoms with van der Waals surface area (Å²) in [6, 6.07) is 49.5. The Labute approximate surface area is 252 Å². The van der Waals surface area contributed by atoms with Crippen LogP contribution in [-0.2, 0) is 0 Å². The summed E-state index contributed by atoms with van der Waals surface area (Å²) in [4.78, 5) is 10.2. The van der Waals surface area contributed by atoms with E-state index in [-0.39, 0.29) is 0 Å². The summed E-state index contributed by atoms with van der Waals surface area (Å²) >= 11 is 0. The van der Waals surface area contributed by atoms with Gasteiger partial charge in [-0.3, -0.25) is 0 Å². The van der Waals surface area contributed by atoms with E-state index in [1.165, 1.54) is 49.0 Å². The van der Waals surface area contributed by atoms with E-state index < -0.39 is 0 Å². The average molecular weight is 561 g/mol. The lowest BCUT2D eigenvalue weighted by molar-refractivity contribution is 1.18. The third-order valence-corrected chi connectivity index (χ3v) is 9.07. The van der Waals surface area contributed by atoms with Gasteiger partial charge >= 0.3 is 0 Å². The molecule has 0 saturated heterocycles. The summed E-state index contributed by atoms with van der Waals surface area (Å²) < 4.78 is 4.77. The van der Waals surface area contributed by atoms with Gasteiger partial charge in [-0.25, -0.2) is 9.97 Å². The van der Waals surface area contributed by atoms with Crippen LogP contribution in [0, 0.1) is 0 Å². The van der Waals surface area contributed by atoms with Gasteiger partial charge in [0, 0.05) is 44.6 Å². The minimum atomic E-state index is 0.885. The molecule has 0 radical (unpaired) electrons. The molecule has 0 N–H and O–H groups in total. The fourth-order valence-corrected chi connectivity index (χ4v) is 7.17. The molecule has 4 nitrogen and oxygen atoms in total. The molecule has 44 heavy (non-hydrogen) atoms. The second-order valence-corrected chi connectivity index (χ2v) is 11.5. The van der Waals surface area contributed by atoms with Gasteiger partial charge in [-0.1, -0.05) is 91.0 Å². The highest BCUT2D eigenvalue weighted by atomic mass is 15.0. The largest absolute Gasteiger partial charge is 0.315 e. The number of para-hydroxylation sites is 3. The predicted molar refractivity (Wildman–Crippen MR) is 182 cm³/mol. The van der Waals surface area contributed by atoms with Crippen LogP contribution in [0.5, 0.6) is 0 Å². The van der Waals surface area contributed by atoms with E-state index in [0.29, 0.717) is 0 Å². The van der Waals surface area contributed by atoms with Gasteiger partial charge in [0.15, 0.2) is 0 Å². The Balaban J connectivity index is 1.23. The highest BCUT2D eigenvalue weighted by molar-refractivity contribution is 6.28. The summed E-state index contributed by atoms with van der Waals surface area (Å²) in [5.74, 6) is 0. The summed E-state index contributed by atoms with van der Waals surface area (Å²) in [7, 11) is 0. The lowest BCUT2D eigenvalue weighted by atomic mass is 10.0. The molecule has 0 aliphatic rings. The summed E-state index contributed by atoms with van der Waals surface area (Å²) in [6.07, 6.45) is 2.21. The second-order valence-electron chi connectivity index (χ2n) is 11.5. The Morgan fingerprint density at radius 3 is 1.82 bits per heavy atom. The molecule has 0 saturated carbocycles. The van der Waals surface area contributed by atoms with E-state index in [0.717, 1.165) is 39.2 Å². The van der Waals surface area contributed by atoms with E-state index in [4.69, 9.17) is 9.97 Å². The number of nitrogens with zero attached hydrogens (tertiary/aromatic N) is 4. The van der Waals surface area contributed by atoms with Gasteiger partial charge in [0.2, 0.25) is 0 Å². The first-order valence-corrected chi connectivity index (χ1v) is 14.9. The minimum Gasteiger partial charge on any atom is -0.315 e. The molecule has 0 spiro atoms. The van der Waals surface area contributed by atoms with Crippen LogP contribution in [-0.4, -0.2) is 18.9 Å². The van der Waals surface area contributed by atoms with Crippen LogP contribution in [0.25, 0.3) is 88.2 Å². The van der Waals surface area contributed by atoms with Crippen molar-refractivity contribution < 1.29 is 0 Å². The van der Waals surface area contributed by atoms with Crippen molar-refractivity contribution in [1.82, 2.24) is 18.9 Å². The van der Waals surface area contributed by atoms with Crippen LogP contribution >= 0.6 is 0 Å². The molecule has 0 aliphatic heterocycles. The molecule has 0 fully saturated rings. The molecule has 0 atom stereocenters. The molecule has 4 aromatic heterocycles. The lowest BCUT2D eigenvalue weighted by Gasteiger charge is -2.13. The molecule has 0 unspecified atom stereocenters. The number of hydrogen-bond acceptors (Lipinski definition) is 2. The average Bonchev–Trinajstić information content (AvgIpc) is 3.64. The Bertz CT molecular complexity index is 2670. The van der Waals surface area contributed by atoms with Gasteiger partial charge in [-0.05, 0) is 53.9 Å². The third kappa shape index (κ3) is 3.17. The van der Waals surface area contributed by atoms with Crippen molar-refractivity contribution in [3.8, 4) is 28.2 Å². The topological polar surface area (TPSA) is 35.1 Å². The van der Waals surface area contributed by atoms with E-state index in [2.05, 4.69) is 124 Å². The Hall–Kier alpha value is -6.00. The molecule has 4 heterocycles. The van der Waals surface area contributed by atoms with E-state index in [1.54, 1.807) is 0 Å². The van der Waals surface area contributed by atoms with Gasteiger partial charge in [-0.2, -0.15) is 0 Å². The van der Waals surface area contributed by atoms with Crippen LogP contribution in [0.4, 0.5) is 0 Å². The zero-order chi connectivity index (χ0) is 28.8. The van der Waals surface area contributed by atoms with Gasteiger partial charge in [0.25, 0.3) is 0 Å². The Morgan fingerprint density at radius 1 is 0.432 bits per heavy atom. The maximum atomic E-state index is 5.12. The molecule has 4 heteroatoms. The smallest absolute Gasteiger partial charge is 0.0973 e. The predicted octanol–water partition coefficient (Wildman–Crippen LogP) is 10.1. The Morgan fingerprint density at radius 2 is 1.05 bits per heavy atom. The van der Waals surface area contributed by atoms with E-state index in [9.17, 15) is 0 Å². The quantitative estimate of drug-likeness (QED) is 0.215. The monoisotopic (exact) mass is 560 g/mol. The molecule has 10 rings (SSSR count). The van der Waals surface area contributed by atoms with Crippen LogP contribution < -0.4 is 0 Å². The summed E-state index contributed by atoms with van der Waals surface area (Å²) in [6.45, 7) is 0. The second kappa shape index (κ2) is 8.76. The van der Waals surface area contributed by atoms with Crippen molar-refractivity contribution in [3.63, 3.8) is 0 Å². The molecule has 0 aliphatic carbocycles. The molecular weight excluding hydrogens is 536 g/mol. The fourth-order valence-electron chi connectivity index (χ4n) is 7.17. The van der Waals surface area contributed by atoms with Crippen molar-refractivity contribution in [2.75, 3.05) is 0 Å². The highest BCUT2D eigenvalue weighted by Gasteiger charge is 2.20. The van der Waals surface area contributed by atoms with Gasteiger partial charge in [0.05, 0.1) is 44.5 Å². The molecule has 0 amide bonds. The minimum absolute atomic E-state index is 0.885. The zero-order valence-corrected chi connectivity index (χ0v) is 23.6. The maximum absolute atomic E-state index is 5.12. The normalized spacial score (nSPS) is 12.1. The van der Waals surface area contributed by atoms with Crippen molar-refractivity contribution >= 4 is 60.0 Å². The number of benzene rings is 6. The highest BCUT2D eigenvalue weighted by Crippen LogP contribution is 2.42. The maximum Gasteiger partial charge on any atom is 0.0973 e. The molecule has 6 aromatic carbocycles. The van der Waals surface area contributed by atoms with Gasteiger partial charge in [0.1, 0.15) is 0 Å². The van der Waals surface area contributed by atoms with Crippen molar-refractivity contribution in [1.29, 1.82) is 0 Å². The Kier molecular flexibility index (Phi) is 4.69. The van der Waals surface area contributed by atoms with Gasteiger partial charge < -0.3 is 8.97 Å². The standard InChI is InChI=1S/C40H24N4/c1-2-9-25(10-3-1)38-39(42-32-15-5-4-14-31(32)41-38)26-19-21-28(22-20-26)44-34-17-7-12-29-30-13-6-11-27-23-24-43(40(27)30)33-16-8-18-35(44)37(33)36(29)34/h1-24H. The summed E-state index contributed by atoms with van der Waals surface area (Å²) in [5, 5.41) is 6.38. The van der Waals surface area contributed by atoms with Crippen molar-refractivity contribution in [2.45, 2.75) is 0 Å². The zero-order valence-electron chi connectivity index (χ0n) is 23.6. The lowest BCUT2D eigenvalue weighted by Crippen LogP contribution is -1.97. The summed E-state index contributed by atoms with van der Waals surface area (Å²) in [5.41, 5.74) is 11.7. The SMILES string of the molecule is c1ccc(-c2nc3ccccc3nc2-c2ccc(-n3c4cccc5c6cccc7ccn(c8cccc3c8c54)c76)cc2)cc1. The van der Waals surface area contributed by atoms with Crippen molar-refractivity contribution in [2.24, 2.45) is 0 Å². The van der Waals surface area contributed by atoms with Crippen LogP contribution in [0.15, 0.2) is 146 Å². The fraction of sp³-hybridized carbons (Fsp3) is 0. The van der Waals surface area contributed by atoms with Crippen LogP contribution in [0.2, 0.25) is 0 Å². The third-order valence-electron chi connectivity index (χ3n) is 9.07. The number of rotatable bonds is 3. The number of fused-ring (bicyclic) bond motifs is 3. The van der Waals surface area contributed by atoms with Gasteiger partial charge in [-0.15, -0.1) is 0 Å². The van der Waals surface area contributed by atoms with Crippen LogP contribution in [0.3, 0.4) is 0 Å². The molecule has 0 bridgehead atoms. The molecule has 10 aromatic rings. The van der Waals surface area contributed by atoms with E-state index >= 15 is 0 Å².